The molecule has 23 heavy (non-hydrogen) atoms. The predicted octanol–water partition coefficient (Wildman–Crippen LogP) is 1.78. The number of carboxylic acids is 1. The Kier molecular flexibility index (Phi) is 6.02. The second kappa shape index (κ2) is 8.21. The van der Waals surface area contributed by atoms with Crippen molar-refractivity contribution >= 4 is 11.8 Å². The molecule has 0 aromatic carbocycles. The number of nitrogens with zero attached hydrogens (tertiary/aromatic N) is 4. The maximum Gasteiger partial charge on any atom is 0.307 e. The van der Waals surface area contributed by atoms with Crippen molar-refractivity contribution in [2.75, 3.05) is 5.73 Å². The van der Waals surface area contributed by atoms with E-state index in [2.05, 4.69) is 25.6 Å². The molecule has 0 saturated heterocycles. The van der Waals surface area contributed by atoms with Crippen LogP contribution in [0.25, 0.3) is 0 Å². The minimum absolute atomic E-state index is 0.243. The maximum absolute atomic E-state index is 11.6. The van der Waals surface area contributed by atoms with Gasteiger partial charge in [-0.2, -0.15) is 5.21 Å². The van der Waals surface area contributed by atoms with Crippen molar-refractivity contribution in [3.05, 3.63) is 29.7 Å². The fourth-order valence-electron chi connectivity index (χ4n) is 2.75. The number of aromatic nitrogens is 5. The van der Waals surface area contributed by atoms with Gasteiger partial charge in [0.15, 0.2) is 5.82 Å². The van der Waals surface area contributed by atoms with Crippen molar-refractivity contribution in [1.29, 1.82) is 0 Å². The topological polar surface area (TPSA) is 131 Å². The molecule has 2 atom stereocenters. The van der Waals surface area contributed by atoms with Gasteiger partial charge in [0.25, 0.3) is 0 Å². The van der Waals surface area contributed by atoms with Crippen molar-refractivity contribution in [2.24, 2.45) is 5.92 Å². The van der Waals surface area contributed by atoms with Crippen LogP contribution in [0.4, 0.5) is 5.82 Å². The molecule has 0 unspecified atom stereocenters. The van der Waals surface area contributed by atoms with Gasteiger partial charge < -0.3 is 10.8 Å². The van der Waals surface area contributed by atoms with Crippen LogP contribution < -0.4 is 5.73 Å². The molecule has 2 aromatic heterocycles. The monoisotopic (exact) mass is 318 g/mol. The number of aliphatic carboxylic acids is 1. The number of carbonyl (C=O) groups is 1. The van der Waals surface area contributed by atoms with Gasteiger partial charge >= 0.3 is 5.97 Å². The van der Waals surface area contributed by atoms with E-state index in [0.717, 1.165) is 24.8 Å². The zero-order valence-electron chi connectivity index (χ0n) is 13.1. The molecule has 8 heteroatoms. The number of hydrogen-bond acceptors (Lipinski definition) is 6. The second-order valence-corrected chi connectivity index (χ2v) is 5.59. The van der Waals surface area contributed by atoms with Crippen LogP contribution in [0.1, 0.15) is 49.9 Å². The molecule has 0 aliphatic heterocycles. The van der Waals surface area contributed by atoms with Crippen molar-refractivity contribution in [2.45, 2.75) is 44.9 Å². The summed E-state index contributed by atoms with van der Waals surface area (Å²) in [5.41, 5.74) is 6.65. The molecule has 2 rings (SSSR count). The van der Waals surface area contributed by atoms with E-state index in [4.69, 9.17) is 5.73 Å². The summed E-state index contributed by atoms with van der Waals surface area (Å²) in [5.74, 6) is -0.584. The Hall–Kier alpha value is -2.51. The van der Waals surface area contributed by atoms with Crippen LogP contribution in [-0.2, 0) is 11.2 Å². The summed E-state index contributed by atoms with van der Waals surface area (Å²) >= 11 is 0. The number of nitrogen functional groups attached to an aromatic ring is 1. The number of nitrogens with two attached hydrogens (primary N) is 1. The number of aryl methyl sites for hydroxylation is 1. The van der Waals surface area contributed by atoms with Gasteiger partial charge in [-0.05, 0) is 37.3 Å². The molecule has 0 radical (unpaired) electrons. The van der Waals surface area contributed by atoms with E-state index >= 15 is 0 Å². The Morgan fingerprint density at radius 3 is 2.78 bits per heavy atom. The largest absolute Gasteiger partial charge is 0.481 e. The number of H-pyrrole nitrogens is 1. The molecular formula is C15H22N6O2. The van der Waals surface area contributed by atoms with Gasteiger partial charge in [-0.25, -0.2) is 4.98 Å². The smallest absolute Gasteiger partial charge is 0.307 e. The zero-order chi connectivity index (χ0) is 16.7. The lowest BCUT2D eigenvalue weighted by molar-refractivity contribution is -0.143. The predicted molar refractivity (Wildman–Crippen MR) is 84.5 cm³/mol. The summed E-state index contributed by atoms with van der Waals surface area (Å²) in [7, 11) is 0. The molecule has 0 amide bonds. The maximum atomic E-state index is 11.6. The van der Waals surface area contributed by atoms with Crippen LogP contribution in [0.2, 0.25) is 0 Å². The molecule has 0 saturated carbocycles. The summed E-state index contributed by atoms with van der Waals surface area (Å²) in [4.78, 5) is 15.7. The summed E-state index contributed by atoms with van der Waals surface area (Å²) in [6.45, 7) is 1.98. The Morgan fingerprint density at radius 1 is 1.39 bits per heavy atom. The molecule has 0 fully saturated rings. The Bertz CT molecular complexity index is 599. The van der Waals surface area contributed by atoms with E-state index in [1.165, 1.54) is 0 Å². The van der Waals surface area contributed by atoms with Crippen LogP contribution in [0.5, 0.6) is 0 Å². The number of pyridine rings is 1. The normalized spacial score (nSPS) is 13.6. The standard InChI is InChI=1S/C15H22N6O2/c1-2-4-12(15(22)23)11(14-18-20-21-19-14)6-3-5-10-7-8-13(16)17-9-10/h7-9,11-12H,2-6H2,1H3,(H2,16,17)(H,22,23)(H,18,19,20,21)/t11-,12-/m0/s1. The lowest BCUT2D eigenvalue weighted by atomic mass is 9.84. The summed E-state index contributed by atoms with van der Waals surface area (Å²) in [6, 6.07) is 3.70. The fourth-order valence-corrected chi connectivity index (χ4v) is 2.75. The highest BCUT2D eigenvalue weighted by Gasteiger charge is 2.31. The molecule has 0 spiro atoms. The minimum Gasteiger partial charge on any atom is -0.481 e. The second-order valence-electron chi connectivity index (χ2n) is 5.59. The highest BCUT2D eigenvalue weighted by molar-refractivity contribution is 5.71. The number of aromatic amines is 1. The highest BCUT2D eigenvalue weighted by atomic mass is 16.4. The van der Waals surface area contributed by atoms with Crippen molar-refractivity contribution in [3.63, 3.8) is 0 Å². The third-order valence-corrected chi connectivity index (χ3v) is 3.92. The number of nitrogens with one attached hydrogen (secondary N) is 1. The first-order valence-corrected chi connectivity index (χ1v) is 7.78. The third kappa shape index (κ3) is 4.73. The van der Waals surface area contributed by atoms with Crippen LogP contribution >= 0.6 is 0 Å². The Labute approximate surface area is 134 Å². The van der Waals surface area contributed by atoms with E-state index in [9.17, 15) is 9.90 Å². The zero-order valence-corrected chi connectivity index (χ0v) is 13.1. The Balaban J connectivity index is 2.02. The van der Waals surface area contributed by atoms with Crippen LogP contribution in [-0.4, -0.2) is 36.7 Å². The van der Waals surface area contributed by atoms with Crippen LogP contribution in [0.3, 0.4) is 0 Å². The number of rotatable bonds is 9. The Morgan fingerprint density at radius 2 is 2.22 bits per heavy atom. The fraction of sp³-hybridized carbons (Fsp3) is 0.533. The lowest BCUT2D eigenvalue weighted by Crippen LogP contribution is -2.23. The average molecular weight is 318 g/mol. The number of hydrogen-bond donors (Lipinski definition) is 3. The van der Waals surface area contributed by atoms with Gasteiger partial charge in [-0.1, -0.05) is 24.6 Å². The van der Waals surface area contributed by atoms with Crippen LogP contribution in [0.15, 0.2) is 18.3 Å². The van der Waals surface area contributed by atoms with Gasteiger partial charge in [0.1, 0.15) is 5.82 Å². The summed E-state index contributed by atoms with van der Waals surface area (Å²) in [6.07, 6.45) is 5.45. The lowest BCUT2D eigenvalue weighted by Gasteiger charge is -2.20. The summed E-state index contributed by atoms with van der Waals surface area (Å²) < 4.78 is 0. The SMILES string of the molecule is CCC[C@H](C(=O)O)[C@H](CCCc1ccc(N)nc1)c1nn[nH]n1. The number of anilines is 1. The van der Waals surface area contributed by atoms with E-state index in [0.29, 0.717) is 24.5 Å². The van der Waals surface area contributed by atoms with Gasteiger partial charge in [-0.3, -0.25) is 4.79 Å². The van der Waals surface area contributed by atoms with E-state index in [1.807, 2.05) is 13.0 Å². The number of tetrazole rings is 1. The molecule has 8 nitrogen and oxygen atoms in total. The van der Waals surface area contributed by atoms with Gasteiger partial charge in [0.2, 0.25) is 0 Å². The summed E-state index contributed by atoms with van der Waals surface area (Å²) in [5, 5.41) is 23.5. The molecule has 4 N–H and O–H groups in total. The quantitative estimate of drug-likeness (QED) is 0.642. The molecule has 0 bridgehead atoms. The van der Waals surface area contributed by atoms with E-state index < -0.39 is 11.9 Å². The third-order valence-electron chi connectivity index (χ3n) is 3.92. The first-order chi connectivity index (χ1) is 11.1. The van der Waals surface area contributed by atoms with Crippen molar-refractivity contribution in [3.8, 4) is 0 Å². The average Bonchev–Trinajstić information content (AvgIpc) is 3.05. The van der Waals surface area contributed by atoms with Gasteiger partial charge in [0.05, 0.1) is 5.92 Å². The molecule has 2 heterocycles. The molecule has 124 valence electrons. The molecule has 0 aliphatic rings. The van der Waals surface area contributed by atoms with Crippen molar-refractivity contribution < 1.29 is 9.90 Å². The van der Waals surface area contributed by atoms with Crippen LogP contribution in [0, 0.1) is 5.92 Å². The molecular weight excluding hydrogens is 296 g/mol. The van der Waals surface area contributed by atoms with E-state index in [1.54, 1.807) is 12.3 Å². The van der Waals surface area contributed by atoms with E-state index in [-0.39, 0.29) is 5.92 Å². The van der Waals surface area contributed by atoms with Gasteiger partial charge in [-0.15, -0.1) is 10.2 Å². The molecule has 2 aromatic rings. The van der Waals surface area contributed by atoms with Crippen molar-refractivity contribution in [1.82, 2.24) is 25.6 Å². The number of carboxylic acid groups (broad SMARTS) is 1. The van der Waals surface area contributed by atoms with Gasteiger partial charge in [0, 0.05) is 12.1 Å². The first kappa shape index (κ1) is 16.9. The first-order valence-electron chi connectivity index (χ1n) is 7.78. The minimum atomic E-state index is -0.809. The molecule has 0 aliphatic carbocycles. The highest BCUT2D eigenvalue weighted by Crippen LogP contribution is 2.30.